The first-order chi connectivity index (χ1) is 14.6. The number of aryl methyl sites for hydroxylation is 4. The normalized spacial score (nSPS) is 11.3. The van der Waals surface area contributed by atoms with Gasteiger partial charge in [0.2, 0.25) is 0 Å². The Bertz CT molecular complexity index is 986. The standard InChI is InChI=1S/C23H32N6O.HI/c1-6-20-19(22(7-2)30-28-20)15-26-23(24-8-3)25-14-18-11-9-10-12-21(18)29-17(5)13-16(4)27-29;/h9-13H,6-8,14-15H2,1-5H3,(H2,24,25,26);1H. The van der Waals surface area contributed by atoms with E-state index < -0.39 is 0 Å². The molecule has 0 spiro atoms. The molecule has 2 heterocycles. The van der Waals surface area contributed by atoms with Gasteiger partial charge in [-0.3, -0.25) is 0 Å². The summed E-state index contributed by atoms with van der Waals surface area (Å²) in [6.07, 6.45) is 1.68. The molecular formula is C23H33IN6O. The second-order valence-corrected chi connectivity index (χ2v) is 7.25. The van der Waals surface area contributed by atoms with E-state index >= 15 is 0 Å². The summed E-state index contributed by atoms with van der Waals surface area (Å²) in [5.41, 5.74) is 6.44. The molecule has 0 aliphatic carbocycles. The first kappa shape index (κ1) is 24.9. The highest BCUT2D eigenvalue weighted by molar-refractivity contribution is 14.0. The van der Waals surface area contributed by atoms with Crippen LogP contribution in [0.1, 0.15) is 54.7 Å². The van der Waals surface area contributed by atoms with Gasteiger partial charge in [-0.05, 0) is 44.9 Å². The topological polar surface area (TPSA) is 80.3 Å². The van der Waals surface area contributed by atoms with Crippen molar-refractivity contribution in [1.29, 1.82) is 0 Å². The zero-order valence-electron chi connectivity index (χ0n) is 19.0. The van der Waals surface area contributed by atoms with E-state index in [0.717, 1.165) is 65.0 Å². The maximum absolute atomic E-state index is 5.48. The number of aliphatic imine (C=N–C) groups is 1. The zero-order chi connectivity index (χ0) is 21.5. The number of nitrogens with one attached hydrogen (secondary N) is 2. The van der Waals surface area contributed by atoms with Crippen LogP contribution in [0, 0.1) is 13.8 Å². The summed E-state index contributed by atoms with van der Waals surface area (Å²) < 4.78 is 7.46. The molecular weight excluding hydrogens is 503 g/mol. The Morgan fingerprint density at radius 1 is 1.10 bits per heavy atom. The third-order valence-electron chi connectivity index (χ3n) is 5.02. The number of rotatable bonds is 8. The molecule has 0 saturated heterocycles. The quantitative estimate of drug-likeness (QED) is 0.252. The predicted octanol–water partition coefficient (Wildman–Crippen LogP) is 4.48. The summed E-state index contributed by atoms with van der Waals surface area (Å²) in [7, 11) is 0. The van der Waals surface area contributed by atoms with Crippen LogP contribution in [0.4, 0.5) is 0 Å². The molecule has 168 valence electrons. The molecule has 0 radical (unpaired) electrons. The number of benzene rings is 1. The van der Waals surface area contributed by atoms with Crippen molar-refractivity contribution in [2.45, 2.75) is 60.5 Å². The van der Waals surface area contributed by atoms with E-state index in [2.05, 4.69) is 66.8 Å². The number of nitrogens with zero attached hydrogens (tertiary/aromatic N) is 4. The fourth-order valence-corrected chi connectivity index (χ4v) is 3.54. The van der Waals surface area contributed by atoms with Crippen molar-refractivity contribution < 1.29 is 4.52 Å². The van der Waals surface area contributed by atoms with E-state index in [4.69, 9.17) is 9.52 Å². The Labute approximate surface area is 201 Å². The van der Waals surface area contributed by atoms with Gasteiger partial charge < -0.3 is 15.2 Å². The van der Waals surface area contributed by atoms with Crippen LogP contribution in [-0.4, -0.2) is 27.4 Å². The molecule has 8 heteroatoms. The van der Waals surface area contributed by atoms with Crippen molar-refractivity contribution >= 4 is 29.9 Å². The number of hydrogen-bond donors (Lipinski definition) is 2. The maximum atomic E-state index is 5.48. The van der Waals surface area contributed by atoms with E-state index in [9.17, 15) is 0 Å². The lowest BCUT2D eigenvalue weighted by molar-refractivity contribution is 0.380. The molecule has 0 atom stereocenters. The Kier molecular flexibility index (Phi) is 9.54. The van der Waals surface area contributed by atoms with Crippen molar-refractivity contribution in [3.63, 3.8) is 0 Å². The molecule has 0 fully saturated rings. The second kappa shape index (κ2) is 11.9. The highest BCUT2D eigenvalue weighted by Crippen LogP contribution is 2.18. The lowest BCUT2D eigenvalue weighted by atomic mass is 10.1. The van der Waals surface area contributed by atoms with E-state index in [1.54, 1.807) is 0 Å². The molecule has 0 aliphatic rings. The summed E-state index contributed by atoms with van der Waals surface area (Å²) in [6.45, 7) is 12.3. The average molecular weight is 536 g/mol. The lowest BCUT2D eigenvalue weighted by Gasteiger charge is -2.13. The zero-order valence-corrected chi connectivity index (χ0v) is 21.4. The Balaban J connectivity index is 0.00000341. The van der Waals surface area contributed by atoms with Gasteiger partial charge in [0.15, 0.2) is 5.96 Å². The van der Waals surface area contributed by atoms with Crippen molar-refractivity contribution in [1.82, 2.24) is 25.6 Å². The van der Waals surface area contributed by atoms with Gasteiger partial charge in [0.05, 0.1) is 23.6 Å². The van der Waals surface area contributed by atoms with E-state index in [0.29, 0.717) is 13.1 Å². The van der Waals surface area contributed by atoms with Crippen molar-refractivity contribution in [2.24, 2.45) is 4.99 Å². The molecule has 31 heavy (non-hydrogen) atoms. The summed E-state index contributed by atoms with van der Waals surface area (Å²) in [5.74, 6) is 1.70. The molecule has 7 nitrogen and oxygen atoms in total. The summed E-state index contributed by atoms with van der Waals surface area (Å²) in [5, 5.41) is 15.6. The monoisotopic (exact) mass is 536 g/mol. The predicted molar refractivity (Wildman–Crippen MR) is 135 cm³/mol. The first-order valence-corrected chi connectivity index (χ1v) is 10.7. The molecule has 0 amide bonds. The Morgan fingerprint density at radius 3 is 2.52 bits per heavy atom. The van der Waals surface area contributed by atoms with Crippen LogP contribution < -0.4 is 10.6 Å². The number of para-hydroxylation sites is 1. The second-order valence-electron chi connectivity index (χ2n) is 7.25. The highest BCUT2D eigenvalue weighted by atomic mass is 127. The largest absolute Gasteiger partial charge is 0.361 e. The van der Waals surface area contributed by atoms with Gasteiger partial charge in [0, 0.05) is 30.8 Å². The van der Waals surface area contributed by atoms with Gasteiger partial charge in [-0.2, -0.15) is 5.10 Å². The third-order valence-corrected chi connectivity index (χ3v) is 5.02. The van der Waals surface area contributed by atoms with Gasteiger partial charge in [-0.25, -0.2) is 9.67 Å². The highest BCUT2D eigenvalue weighted by Gasteiger charge is 2.14. The SMILES string of the molecule is CCNC(=NCc1ccccc1-n1nc(C)cc1C)NCc1c(CC)noc1CC.I. The molecule has 0 saturated carbocycles. The first-order valence-electron chi connectivity index (χ1n) is 10.7. The molecule has 0 bridgehead atoms. The van der Waals surface area contributed by atoms with E-state index in [1.165, 1.54) is 0 Å². The molecule has 3 aromatic rings. The van der Waals surface area contributed by atoms with Crippen LogP contribution >= 0.6 is 24.0 Å². The molecule has 2 N–H and O–H groups in total. The minimum absolute atomic E-state index is 0. The molecule has 2 aromatic heterocycles. The van der Waals surface area contributed by atoms with E-state index in [1.807, 2.05) is 23.7 Å². The van der Waals surface area contributed by atoms with Crippen molar-refractivity contribution in [2.75, 3.05) is 6.54 Å². The van der Waals surface area contributed by atoms with Crippen molar-refractivity contribution in [3.8, 4) is 5.69 Å². The van der Waals surface area contributed by atoms with Crippen LogP contribution in [0.2, 0.25) is 0 Å². The number of halogens is 1. The van der Waals surface area contributed by atoms with Gasteiger partial charge in [0.25, 0.3) is 0 Å². The maximum Gasteiger partial charge on any atom is 0.191 e. The van der Waals surface area contributed by atoms with Crippen LogP contribution in [0.5, 0.6) is 0 Å². The lowest BCUT2D eigenvalue weighted by Crippen LogP contribution is -2.37. The minimum atomic E-state index is 0. The summed E-state index contributed by atoms with van der Waals surface area (Å²) >= 11 is 0. The van der Waals surface area contributed by atoms with Gasteiger partial charge in [-0.1, -0.05) is 37.2 Å². The molecule has 3 rings (SSSR count). The minimum Gasteiger partial charge on any atom is -0.361 e. The van der Waals surface area contributed by atoms with Crippen LogP contribution in [0.3, 0.4) is 0 Å². The summed E-state index contributed by atoms with van der Waals surface area (Å²) in [4.78, 5) is 4.82. The van der Waals surface area contributed by atoms with Crippen molar-refractivity contribution in [3.05, 3.63) is 64.3 Å². The average Bonchev–Trinajstić information content (AvgIpc) is 3.31. The van der Waals surface area contributed by atoms with Gasteiger partial charge in [0.1, 0.15) is 5.76 Å². The molecule has 0 unspecified atom stereocenters. The Morgan fingerprint density at radius 2 is 1.87 bits per heavy atom. The fraction of sp³-hybridized carbons (Fsp3) is 0.435. The van der Waals surface area contributed by atoms with Crippen LogP contribution in [0.25, 0.3) is 5.69 Å². The van der Waals surface area contributed by atoms with E-state index in [-0.39, 0.29) is 24.0 Å². The smallest absolute Gasteiger partial charge is 0.191 e. The number of guanidine groups is 1. The molecule has 0 aliphatic heterocycles. The number of aromatic nitrogens is 3. The van der Waals surface area contributed by atoms with Crippen LogP contribution in [0.15, 0.2) is 39.8 Å². The van der Waals surface area contributed by atoms with Crippen LogP contribution in [-0.2, 0) is 25.9 Å². The van der Waals surface area contributed by atoms with Gasteiger partial charge >= 0.3 is 0 Å². The third kappa shape index (κ3) is 6.09. The summed E-state index contributed by atoms with van der Waals surface area (Å²) in [6, 6.07) is 10.3. The fourth-order valence-electron chi connectivity index (χ4n) is 3.54. The van der Waals surface area contributed by atoms with Gasteiger partial charge in [-0.15, -0.1) is 24.0 Å². The Hall–Kier alpha value is -2.36. The molecule has 1 aromatic carbocycles. The number of hydrogen-bond acceptors (Lipinski definition) is 4.